The van der Waals surface area contributed by atoms with Gasteiger partial charge < -0.3 is 14.5 Å². The first kappa shape index (κ1) is 22.3. The molecular weight excluding hydrogens is 475 g/mol. The number of nitrogens with zero attached hydrogens (tertiary/aromatic N) is 1. The second-order valence-corrected chi connectivity index (χ2v) is 8.81. The van der Waals surface area contributed by atoms with Crippen LogP contribution in [0.25, 0.3) is 10.9 Å². The molecule has 1 atom stereocenters. The Hall–Kier alpha value is -3.48. The van der Waals surface area contributed by atoms with Gasteiger partial charge in [-0.15, -0.1) is 0 Å². The third-order valence-electron chi connectivity index (χ3n) is 6.00. The van der Waals surface area contributed by atoms with Crippen LogP contribution in [0.5, 0.6) is 5.75 Å². The van der Waals surface area contributed by atoms with E-state index >= 15 is 0 Å². The van der Waals surface area contributed by atoms with E-state index in [-0.39, 0.29) is 0 Å². The molecule has 1 amide bonds. The van der Waals surface area contributed by atoms with Crippen LogP contribution in [0.2, 0.25) is 10.0 Å². The first-order valence-corrected chi connectivity index (χ1v) is 11.4. The van der Waals surface area contributed by atoms with Gasteiger partial charge in [0, 0.05) is 28.2 Å². The molecule has 5 rings (SSSR count). The smallest absolute Gasteiger partial charge is 0.416 e. The summed E-state index contributed by atoms with van der Waals surface area (Å²) >= 11 is 12.5. The molecule has 0 aliphatic carbocycles. The molecule has 1 aliphatic heterocycles. The molecule has 0 bridgehead atoms. The van der Waals surface area contributed by atoms with Crippen LogP contribution in [0.1, 0.15) is 33.2 Å². The molecule has 34 heavy (non-hydrogen) atoms. The van der Waals surface area contributed by atoms with Gasteiger partial charge >= 0.3 is 12.1 Å². The highest BCUT2D eigenvalue weighted by Crippen LogP contribution is 2.40. The lowest BCUT2D eigenvalue weighted by Gasteiger charge is -2.35. The maximum atomic E-state index is 13.3. The fourth-order valence-corrected chi connectivity index (χ4v) is 4.75. The fraction of sp³-hybridized carbons (Fsp3) is 0.154. The second kappa shape index (κ2) is 9.05. The number of benzene rings is 3. The summed E-state index contributed by atoms with van der Waals surface area (Å²) in [5, 5.41) is 2.03. The van der Waals surface area contributed by atoms with Gasteiger partial charge in [-0.1, -0.05) is 47.5 Å². The van der Waals surface area contributed by atoms with E-state index < -0.39 is 18.1 Å². The zero-order valence-corrected chi connectivity index (χ0v) is 19.7. The topological polar surface area (TPSA) is 71.6 Å². The molecular formula is C26H20Cl2N2O4. The number of carbonyl (C=O) groups excluding carboxylic acids is 2. The number of aromatic amines is 1. The van der Waals surface area contributed by atoms with Crippen molar-refractivity contribution in [1.82, 2.24) is 9.88 Å². The van der Waals surface area contributed by atoms with Crippen molar-refractivity contribution in [1.29, 1.82) is 0 Å². The van der Waals surface area contributed by atoms with Gasteiger partial charge in [0.25, 0.3) is 0 Å². The van der Waals surface area contributed by atoms with Gasteiger partial charge in [0.1, 0.15) is 6.04 Å². The van der Waals surface area contributed by atoms with Crippen molar-refractivity contribution in [3.63, 3.8) is 0 Å². The molecule has 1 aromatic heterocycles. The minimum Gasteiger partial charge on any atom is -0.465 e. The number of fused-ring (bicyclic) bond motifs is 3. The molecule has 3 aromatic carbocycles. The van der Waals surface area contributed by atoms with Gasteiger partial charge in [0.05, 0.1) is 17.7 Å². The summed E-state index contributed by atoms with van der Waals surface area (Å²) in [5.41, 5.74) is 4.16. The molecule has 1 N–H and O–H groups in total. The normalized spacial score (nSPS) is 15.1. The molecule has 8 heteroatoms. The molecule has 0 saturated carbocycles. The third-order valence-corrected chi connectivity index (χ3v) is 6.55. The predicted molar refractivity (Wildman–Crippen MR) is 131 cm³/mol. The van der Waals surface area contributed by atoms with Crippen LogP contribution in [0, 0.1) is 0 Å². The quantitative estimate of drug-likeness (QED) is 0.334. The van der Waals surface area contributed by atoms with Crippen molar-refractivity contribution < 1.29 is 19.1 Å². The van der Waals surface area contributed by atoms with Crippen molar-refractivity contribution in [2.24, 2.45) is 0 Å². The Bertz CT molecular complexity index is 1400. The Morgan fingerprint density at radius 2 is 1.79 bits per heavy atom. The third kappa shape index (κ3) is 4.00. The Morgan fingerprint density at radius 3 is 2.53 bits per heavy atom. The second-order valence-electron chi connectivity index (χ2n) is 7.97. The minimum absolute atomic E-state index is 0.295. The maximum Gasteiger partial charge on any atom is 0.416 e. The lowest BCUT2D eigenvalue weighted by molar-refractivity contribution is 0.0600. The highest BCUT2D eigenvalue weighted by atomic mass is 35.5. The van der Waals surface area contributed by atoms with Gasteiger partial charge in [-0.2, -0.15) is 0 Å². The number of carbonyl (C=O) groups is 2. The van der Waals surface area contributed by atoms with E-state index in [1.807, 2.05) is 30.3 Å². The van der Waals surface area contributed by atoms with Crippen LogP contribution in [0.15, 0.2) is 66.7 Å². The monoisotopic (exact) mass is 494 g/mol. The van der Waals surface area contributed by atoms with Crippen molar-refractivity contribution in [2.45, 2.75) is 12.5 Å². The fourth-order valence-electron chi connectivity index (χ4n) is 4.40. The van der Waals surface area contributed by atoms with E-state index in [9.17, 15) is 9.59 Å². The number of hydrogen-bond donors (Lipinski definition) is 1. The molecule has 1 unspecified atom stereocenters. The van der Waals surface area contributed by atoms with Crippen LogP contribution in [-0.2, 0) is 11.2 Å². The Morgan fingerprint density at radius 1 is 1.03 bits per heavy atom. The maximum absolute atomic E-state index is 13.3. The molecule has 0 saturated heterocycles. The van der Waals surface area contributed by atoms with E-state index in [0.29, 0.717) is 34.3 Å². The van der Waals surface area contributed by atoms with Crippen molar-refractivity contribution in [2.75, 3.05) is 13.7 Å². The number of ether oxygens (including phenoxy) is 2. The first-order chi connectivity index (χ1) is 16.5. The van der Waals surface area contributed by atoms with Crippen LogP contribution >= 0.6 is 23.2 Å². The van der Waals surface area contributed by atoms with Crippen LogP contribution < -0.4 is 4.74 Å². The number of methoxy groups -OCH3 is 1. The summed E-state index contributed by atoms with van der Waals surface area (Å²) < 4.78 is 10.5. The van der Waals surface area contributed by atoms with Crippen molar-refractivity contribution in [3.8, 4) is 5.75 Å². The average Bonchev–Trinajstić information content (AvgIpc) is 3.22. The number of esters is 1. The molecule has 6 nitrogen and oxygen atoms in total. The lowest BCUT2D eigenvalue weighted by Crippen LogP contribution is -2.42. The zero-order chi connectivity index (χ0) is 23.8. The Balaban J connectivity index is 1.58. The number of amides is 1. The Kier molecular flexibility index (Phi) is 5.94. The number of halogens is 2. The Labute approximate surface area is 206 Å². The molecule has 0 fully saturated rings. The largest absolute Gasteiger partial charge is 0.465 e. The van der Waals surface area contributed by atoms with E-state index in [4.69, 9.17) is 32.7 Å². The van der Waals surface area contributed by atoms with Gasteiger partial charge in [0.15, 0.2) is 5.75 Å². The number of nitrogens with one attached hydrogen (secondary N) is 1. The molecule has 4 aromatic rings. The lowest BCUT2D eigenvalue weighted by atomic mass is 9.92. The van der Waals surface area contributed by atoms with Gasteiger partial charge in [0.2, 0.25) is 0 Å². The molecule has 2 heterocycles. The summed E-state index contributed by atoms with van der Waals surface area (Å²) in [6.07, 6.45) is 0.113. The molecule has 172 valence electrons. The summed E-state index contributed by atoms with van der Waals surface area (Å²) in [6, 6.07) is 19.1. The van der Waals surface area contributed by atoms with E-state index in [2.05, 4.69) is 4.98 Å². The SMILES string of the molecule is COC(=O)c1ccc(C2c3[nH]c4ccc(Cl)cc4c3CCN2C(=O)Oc2ccccc2Cl)cc1. The summed E-state index contributed by atoms with van der Waals surface area (Å²) in [7, 11) is 1.34. The van der Waals surface area contributed by atoms with Crippen molar-refractivity contribution in [3.05, 3.63) is 99.2 Å². The number of aromatic nitrogens is 1. The molecule has 0 radical (unpaired) electrons. The van der Waals surface area contributed by atoms with Gasteiger partial charge in [-0.3, -0.25) is 4.90 Å². The van der Waals surface area contributed by atoms with Crippen LogP contribution in [0.3, 0.4) is 0 Å². The summed E-state index contributed by atoms with van der Waals surface area (Å²) in [4.78, 5) is 30.4. The number of H-pyrrole nitrogens is 1. The van der Waals surface area contributed by atoms with Crippen LogP contribution in [-0.4, -0.2) is 35.6 Å². The van der Waals surface area contributed by atoms with Gasteiger partial charge in [-0.25, -0.2) is 9.59 Å². The first-order valence-electron chi connectivity index (χ1n) is 10.7. The van der Waals surface area contributed by atoms with E-state index in [0.717, 1.165) is 27.7 Å². The highest BCUT2D eigenvalue weighted by Gasteiger charge is 2.36. The predicted octanol–water partition coefficient (Wildman–Crippen LogP) is 6.41. The molecule has 1 aliphatic rings. The standard InChI is InChI=1S/C26H20Cl2N2O4/c1-33-25(31)16-8-6-15(7-9-16)24-23-18(19-14-17(27)10-11-21(19)29-23)12-13-30(24)26(32)34-22-5-3-2-4-20(22)28/h2-11,14,24,29H,12-13H2,1H3. The number of rotatable bonds is 3. The van der Waals surface area contributed by atoms with E-state index in [1.54, 1.807) is 41.3 Å². The minimum atomic E-state index is -0.516. The summed E-state index contributed by atoms with van der Waals surface area (Å²) in [5.74, 6) is -0.130. The van der Waals surface area contributed by atoms with Crippen LogP contribution in [0.4, 0.5) is 4.79 Å². The number of para-hydroxylation sites is 1. The average molecular weight is 495 g/mol. The van der Waals surface area contributed by atoms with Gasteiger partial charge in [-0.05, 0) is 60.0 Å². The summed E-state index contributed by atoms with van der Waals surface area (Å²) in [6.45, 7) is 0.430. The highest BCUT2D eigenvalue weighted by molar-refractivity contribution is 6.32. The van der Waals surface area contributed by atoms with E-state index in [1.165, 1.54) is 7.11 Å². The number of hydrogen-bond acceptors (Lipinski definition) is 4. The zero-order valence-electron chi connectivity index (χ0n) is 18.2. The molecule has 0 spiro atoms. The van der Waals surface area contributed by atoms with Crippen molar-refractivity contribution >= 4 is 46.2 Å².